The molecule has 2 aliphatic carbocycles. The number of nitrogens with zero attached hydrogens (tertiary/aromatic N) is 1. The SMILES string of the molecule is COC(=O)c1c(S(=O)(=O)NCC(C)C)sc2c1CCN(C(=O)[C@@H]1C[C@H]3C=C[C@@H]1C3)C2. The van der Waals surface area contributed by atoms with Crippen molar-refractivity contribution < 1.29 is 22.7 Å². The first-order chi connectivity index (χ1) is 14.2. The zero-order valence-corrected chi connectivity index (χ0v) is 19.1. The summed E-state index contributed by atoms with van der Waals surface area (Å²) in [4.78, 5) is 28.2. The van der Waals surface area contributed by atoms with Gasteiger partial charge in [0.1, 0.15) is 4.21 Å². The molecule has 0 unspecified atom stereocenters. The van der Waals surface area contributed by atoms with E-state index >= 15 is 0 Å². The first kappa shape index (κ1) is 21.5. The van der Waals surface area contributed by atoms with Gasteiger partial charge in [0.15, 0.2) is 0 Å². The highest BCUT2D eigenvalue weighted by Gasteiger charge is 2.43. The quantitative estimate of drug-likeness (QED) is 0.529. The Bertz CT molecular complexity index is 995. The number of thiophene rings is 1. The molecule has 0 spiro atoms. The molecule has 1 amide bonds. The van der Waals surface area contributed by atoms with Crippen molar-refractivity contribution >= 4 is 33.2 Å². The zero-order chi connectivity index (χ0) is 21.6. The van der Waals surface area contributed by atoms with Crippen molar-refractivity contribution in [1.82, 2.24) is 9.62 Å². The molecule has 164 valence electrons. The molecule has 1 aromatic rings. The lowest BCUT2D eigenvalue weighted by Crippen LogP contribution is -2.40. The first-order valence-corrected chi connectivity index (χ1v) is 12.7. The zero-order valence-electron chi connectivity index (χ0n) is 17.5. The van der Waals surface area contributed by atoms with E-state index in [0.29, 0.717) is 36.9 Å². The van der Waals surface area contributed by atoms with E-state index in [0.717, 1.165) is 29.1 Å². The number of carbonyl (C=O) groups is 2. The summed E-state index contributed by atoms with van der Waals surface area (Å²) in [6.45, 7) is 4.95. The van der Waals surface area contributed by atoms with Gasteiger partial charge in [-0.25, -0.2) is 17.9 Å². The Morgan fingerprint density at radius 3 is 2.67 bits per heavy atom. The number of amides is 1. The van der Waals surface area contributed by atoms with Crippen molar-refractivity contribution in [2.45, 2.75) is 43.9 Å². The molecule has 3 atom stereocenters. The van der Waals surface area contributed by atoms with E-state index < -0.39 is 16.0 Å². The molecule has 0 aromatic carbocycles. The highest BCUT2D eigenvalue weighted by Crippen LogP contribution is 2.45. The molecule has 2 heterocycles. The maximum atomic E-state index is 13.1. The van der Waals surface area contributed by atoms with Gasteiger partial charge < -0.3 is 9.64 Å². The van der Waals surface area contributed by atoms with Crippen molar-refractivity contribution in [3.63, 3.8) is 0 Å². The lowest BCUT2D eigenvalue weighted by Gasteiger charge is -2.31. The Morgan fingerprint density at radius 2 is 2.07 bits per heavy atom. The van der Waals surface area contributed by atoms with Crippen LogP contribution in [0.2, 0.25) is 0 Å². The molecule has 30 heavy (non-hydrogen) atoms. The van der Waals surface area contributed by atoms with Gasteiger partial charge in [0.25, 0.3) is 10.0 Å². The standard InChI is InChI=1S/C21H28N2O5S2/c1-12(2)10-22-30(26,27)21-18(20(25)28-3)15-6-7-23(11-17(15)29-21)19(24)16-9-13-4-5-14(16)8-13/h4-5,12-14,16,22H,6-11H2,1-3H3/t13-,14+,16+/m0/s1. The van der Waals surface area contributed by atoms with Crippen LogP contribution in [-0.2, 0) is 32.5 Å². The van der Waals surface area contributed by atoms with Crippen LogP contribution in [-0.4, -0.2) is 45.4 Å². The molecule has 1 saturated carbocycles. The summed E-state index contributed by atoms with van der Waals surface area (Å²) < 4.78 is 33.3. The Morgan fingerprint density at radius 1 is 1.30 bits per heavy atom. The van der Waals surface area contributed by atoms with Crippen LogP contribution in [0, 0.1) is 23.7 Å². The fourth-order valence-corrected chi connectivity index (χ4v) is 7.86. The highest BCUT2D eigenvalue weighted by atomic mass is 32.2. The van der Waals surface area contributed by atoms with E-state index in [-0.39, 0.29) is 34.1 Å². The summed E-state index contributed by atoms with van der Waals surface area (Å²) in [7, 11) is -2.58. The third kappa shape index (κ3) is 3.83. The number of hydrogen-bond acceptors (Lipinski definition) is 6. The van der Waals surface area contributed by atoms with Crippen LogP contribution in [0.1, 0.15) is 47.5 Å². The topological polar surface area (TPSA) is 92.8 Å². The van der Waals surface area contributed by atoms with E-state index in [1.165, 1.54) is 7.11 Å². The fourth-order valence-electron chi connectivity index (χ4n) is 4.71. The van der Waals surface area contributed by atoms with E-state index in [1.807, 2.05) is 18.7 Å². The molecule has 4 rings (SSSR count). The van der Waals surface area contributed by atoms with Crippen molar-refractivity contribution in [3.8, 4) is 0 Å². The van der Waals surface area contributed by atoms with Crippen LogP contribution < -0.4 is 4.72 Å². The second kappa shape index (κ2) is 8.09. The lowest BCUT2D eigenvalue weighted by molar-refractivity contribution is -0.137. The number of ether oxygens (including phenoxy) is 1. The minimum absolute atomic E-state index is 0.00263. The van der Waals surface area contributed by atoms with E-state index in [4.69, 9.17) is 4.74 Å². The predicted molar refractivity (Wildman–Crippen MR) is 114 cm³/mol. The summed E-state index contributed by atoms with van der Waals surface area (Å²) in [6.07, 6.45) is 6.80. The molecular weight excluding hydrogens is 424 g/mol. The third-order valence-corrected chi connectivity index (χ3v) is 9.41. The molecule has 0 saturated heterocycles. The fraction of sp³-hybridized carbons (Fsp3) is 0.619. The van der Waals surface area contributed by atoms with Gasteiger partial charge in [-0.1, -0.05) is 26.0 Å². The van der Waals surface area contributed by atoms with Crippen molar-refractivity contribution in [2.75, 3.05) is 20.2 Å². The number of allylic oxidation sites excluding steroid dienone is 2. The summed E-state index contributed by atoms with van der Waals surface area (Å²) in [5.41, 5.74) is 0.831. The summed E-state index contributed by atoms with van der Waals surface area (Å²) in [5.74, 6) is 0.510. The van der Waals surface area contributed by atoms with Crippen LogP contribution in [0.3, 0.4) is 0 Å². The van der Waals surface area contributed by atoms with Crippen LogP contribution >= 0.6 is 11.3 Å². The number of hydrogen-bond donors (Lipinski definition) is 1. The molecule has 9 heteroatoms. The van der Waals surface area contributed by atoms with Crippen LogP contribution in [0.5, 0.6) is 0 Å². The number of methoxy groups -OCH3 is 1. The van der Waals surface area contributed by atoms with E-state index in [1.54, 1.807) is 0 Å². The van der Waals surface area contributed by atoms with Crippen LogP contribution in [0.25, 0.3) is 0 Å². The Labute approximate surface area is 181 Å². The Kier molecular flexibility index (Phi) is 5.80. The number of nitrogens with one attached hydrogen (secondary N) is 1. The Hall–Kier alpha value is -1.71. The lowest BCUT2D eigenvalue weighted by atomic mass is 9.91. The van der Waals surface area contributed by atoms with Crippen molar-refractivity contribution in [2.24, 2.45) is 23.7 Å². The average Bonchev–Trinajstić information content (AvgIpc) is 3.44. The molecular formula is C21H28N2O5S2. The number of sulfonamides is 1. The largest absolute Gasteiger partial charge is 0.465 e. The van der Waals surface area contributed by atoms with Crippen LogP contribution in [0.15, 0.2) is 16.4 Å². The normalized spacial score (nSPS) is 25.1. The van der Waals surface area contributed by atoms with Gasteiger partial charge in [0, 0.05) is 23.9 Å². The van der Waals surface area contributed by atoms with Gasteiger partial charge in [-0.3, -0.25) is 4.79 Å². The second-order valence-electron chi connectivity index (χ2n) is 8.80. The van der Waals surface area contributed by atoms with E-state index in [2.05, 4.69) is 16.9 Å². The first-order valence-electron chi connectivity index (χ1n) is 10.4. The summed E-state index contributed by atoms with van der Waals surface area (Å²) in [6, 6.07) is 0. The van der Waals surface area contributed by atoms with Gasteiger partial charge in [-0.05, 0) is 42.6 Å². The number of carbonyl (C=O) groups excluding carboxylic acids is 2. The number of rotatable bonds is 6. The van der Waals surface area contributed by atoms with Crippen molar-refractivity contribution in [3.05, 3.63) is 28.2 Å². The van der Waals surface area contributed by atoms with Gasteiger partial charge in [0.2, 0.25) is 5.91 Å². The third-order valence-electron chi connectivity index (χ3n) is 6.25. The molecule has 1 aromatic heterocycles. The molecule has 1 aliphatic heterocycles. The summed E-state index contributed by atoms with van der Waals surface area (Å²) in [5, 5.41) is 0. The predicted octanol–water partition coefficient (Wildman–Crippen LogP) is 2.57. The molecule has 2 bridgehead atoms. The average molecular weight is 453 g/mol. The smallest absolute Gasteiger partial charge is 0.340 e. The van der Waals surface area contributed by atoms with E-state index in [9.17, 15) is 18.0 Å². The minimum atomic E-state index is -3.84. The number of esters is 1. The number of fused-ring (bicyclic) bond motifs is 3. The molecule has 7 nitrogen and oxygen atoms in total. The van der Waals surface area contributed by atoms with Gasteiger partial charge in [-0.15, -0.1) is 11.3 Å². The molecule has 1 N–H and O–H groups in total. The van der Waals surface area contributed by atoms with Crippen LogP contribution in [0.4, 0.5) is 0 Å². The minimum Gasteiger partial charge on any atom is -0.465 e. The maximum absolute atomic E-state index is 13.1. The van der Waals surface area contributed by atoms with Gasteiger partial charge in [0.05, 0.1) is 19.2 Å². The Balaban J connectivity index is 1.61. The van der Waals surface area contributed by atoms with Gasteiger partial charge in [-0.2, -0.15) is 0 Å². The second-order valence-corrected chi connectivity index (χ2v) is 11.9. The summed E-state index contributed by atoms with van der Waals surface area (Å²) >= 11 is 1.08. The molecule has 1 fully saturated rings. The highest BCUT2D eigenvalue weighted by molar-refractivity contribution is 7.91. The van der Waals surface area contributed by atoms with Gasteiger partial charge >= 0.3 is 5.97 Å². The molecule has 0 radical (unpaired) electrons. The molecule has 3 aliphatic rings. The van der Waals surface area contributed by atoms with Crippen molar-refractivity contribution in [1.29, 1.82) is 0 Å². The maximum Gasteiger partial charge on any atom is 0.340 e. The monoisotopic (exact) mass is 452 g/mol.